The van der Waals surface area contributed by atoms with Gasteiger partial charge in [-0.1, -0.05) is 58.4 Å². The van der Waals surface area contributed by atoms with E-state index in [1.165, 1.54) is 20.1 Å². The summed E-state index contributed by atoms with van der Waals surface area (Å²) >= 11 is 6.25. The molecule has 0 aliphatic carbocycles. The Bertz CT molecular complexity index is 785. The van der Waals surface area contributed by atoms with Crippen LogP contribution in [0.25, 0.3) is 10.9 Å². The number of hydrogen-bond acceptors (Lipinski definition) is 1. The molecule has 0 radical (unpaired) electrons. The highest BCUT2D eigenvalue weighted by atomic mass is 127. The average Bonchev–Trinajstić information content (AvgIpc) is 2.50. The molecule has 0 N–H and O–H groups in total. The monoisotopic (exact) mass is 451 g/mol. The van der Waals surface area contributed by atoms with E-state index in [1.807, 2.05) is 12.1 Å². The van der Waals surface area contributed by atoms with E-state index >= 15 is 0 Å². The van der Waals surface area contributed by atoms with Crippen molar-refractivity contribution in [3.8, 4) is 0 Å². The minimum absolute atomic E-state index is 0.290. The number of pyridine rings is 1. The van der Waals surface area contributed by atoms with Crippen LogP contribution in [-0.4, -0.2) is 4.98 Å². The third-order valence-corrected chi connectivity index (χ3v) is 5.89. The second kappa shape index (κ2) is 6.44. The normalized spacial score (nSPS) is 12.5. The van der Waals surface area contributed by atoms with Crippen molar-refractivity contribution < 1.29 is 0 Å². The number of hydrogen-bond donors (Lipinski definition) is 0. The third kappa shape index (κ3) is 3.29. The summed E-state index contributed by atoms with van der Waals surface area (Å²) in [5, 5.41) is 1.19. The van der Waals surface area contributed by atoms with Gasteiger partial charge in [0, 0.05) is 25.9 Å². The molecule has 0 amide bonds. The summed E-state index contributed by atoms with van der Waals surface area (Å²) in [6, 6.07) is 19.0. The molecule has 21 heavy (non-hydrogen) atoms. The first-order valence-corrected chi connectivity index (χ1v) is 8.88. The first-order chi connectivity index (χ1) is 10.1. The standard InChI is InChI=1S/C18H15BrIN/c1-12-5-4-7-15(18(12)20)16(19)11-14-10-9-13-6-2-3-8-17(13)21-14/h2-10,16H,11H2,1H3. The van der Waals surface area contributed by atoms with Crippen LogP contribution in [-0.2, 0) is 6.42 Å². The lowest BCUT2D eigenvalue weighted by molar-refractivity contribution is 0.906. The average molecular weight is 452 g/mol. The molecule has 0 aliphatic rings. The van der Waals surface area contributed by atoms with Crippen molar-refractivity contribution in [2.45, 2.75) is 18.2 Å². The van der Waals surface area contributed by atoms with Crippen LogP contribution < -0.4 is 0 Å². The summed E-state index contributed by atoms with van der Waals surface area (Å²) in [6.07, 6.45) is 0.893. The van der Waals surface area contributed by atoms with Crippen LogP contribution in [0.3, 0.4) is 0 Å². The Morgan fingerprint density at radius 1 is 1.05 bits per heavy atom. The zero-order valence-electron chi connectivity index (χ0n) is 11.7. The second-order valence-electron chi connectivity index (χ2n) is 5.15. The number of para-hydroxylation sites is 1. The summed E-state index contributed by atoms with van der Waals surface area (Å²) in [5.74, 6) is 0. The molecule has 3 rings (SSSR count). The predicted octanol–water partition coefficient (Wildman–Crippen LogP) is 5.83. The molecule has 1 nitrogen and oxygen atoms in total. The van der Waals surface area contributed by atoms with Crippen LogP contribution in [0, 0.1) is 10.5 Å². The van der Waals surface area contributed by atoms with E-state index < -0.39 is 0 Å². The van der Waals surface area contributed by atoms with E-state index in [2.05, 4.69) is 87.9 Å². The first-order valence-electron chi connectivity index (χ1n) is 6.89. The summed E-state index contributed by atoms with van der Waals surface area (Å²) < 4.78 is 1.33. The van der Waals surface area contributed by atoms with Crippen LogP contribution >= 0.6 is 38.5 Å². The van der Waals surface area contributed by atoms with Gasteiger partial charge in [0.15, 0.2) is 0 Å². The molecule has 1 aromatic heterocycles. The number of nitrogens with zero attached hydrogens (tertiary/aromatic N) is 1. The molecule has 0 bridgehead atoms. The van der Waals surface area contributed by atoms with Crippen LogP contribution in [0.2, 0.25) is 0 Å². The lowest BCUT2D eigenvalue weighted by atomic mass is 10.0. The van der Waals surface area contributed by atoms with Gasteiger partial charge in [-0.05, 0) is 52.8 Å². The zero-order chi connectivity index (χ0) is 14.8. The lowest BCUT2D eigenvalue weighted by Gasteiger charge is -2.14. The maximum absolute atomic E-state index is 4.76. The van der Waals surface area contributed by atoms with Gasteiger partial charge in [-0.2, -0.15) is 0 Å². The zero-order valence-corrected chi connectivity index (χ0v) is 15.4. The maximum atomic E-state index is 4.76. The molecule has 0 fully saturated rings. The molecule has 0 aliphatic heterocycles. The van der Waals surface area contributed by atoms with E-state index in [0.29, 0.717) is 0 Å². The van der Waals surface area contributed by atoms with Gasteiger partial charge in [-0.25, -0.2) is 0 Å². The van der Waals surface area contributed by atoms with Crippen LogP contribution in [0.5, 0.6) is 0 Å². The van der Waals surface area contributed by atoms with Gasteiger partial charge in [0.2, 0.25) is 0 Å². The van der Waals surface area contributed by atoms with Crippen molar-refractivity contribution in [3.05, 3.63) is 75.0 Å². The Kier molecular flexibility index (Phi) is 4.60. The number of alkyl halides is 1. The number of benzene rings is 2. The molecule has 0 spiro atoms. The molecule has 106 valence electrons. The molecule has 3 aromatic rings. The highest BCUT2D eigenvalue weighted by Crippen LogP contribution is 2.31. The molecule has 2 aromatic carbocycles. The molecule has 3 heteroatoms. The molecule has 1 heterocycles. The fourth-order valence-corrected chi connectivity index (χ4v) is 4.30. The van der Waals surface area contributed by atoms with Gasteiger partial charge in [0.05, 0.1) is 5.52 Å². The third-order valence-electron chi connectivity index (χ3n) is 3.60. The summed E-state index contributed by atoms with van der Waals surface area (Å²) in [4.78, 5) is 5.05. The quantitative estimate of drug-likeness (QED) is 0.360. The van der Waals surface area contributed by atoms with Crippen molar-refractivity contribution in [2.75, 3.05) is 0 Å². The summed E-state index contributed by atoms with van der Waals surface area (Å²) in [7, 11) is 0. The Balaban J connectivity index is 1.89. The molecule has 0 saturated carbocycles. The first kappa shape index (κ1) is 15.0. The Labute approximate surface area is 147 Å². The van der Waals surface area contributed by atoms with Gasteiger partial charge >= 0.3 is 0 Å². The highest BCUT2D eigenvalue weighted by Gasteiger charge is 2.13. The van der Waals surface area contributed by atoms with Gasteiger partial charge in [-0.3, -0.25) is 4.98 Å². The van der Waals surface area contributed by atoms with Crippen LogP contribution in [0.15, 0.2) is 54.6 Å². The Hall–Kier alpha value is -0.940. The molecule has 0 saturated heterocycles. The minimum atomic E-state index is 0.290. The summed E-state index contributed by atoms with van der Waals surface area (Å²) in [6.45, 7) is 2.15. The maximum Gasteiger partial charge on any atom is 0.0705 e. The molecular weight excluding hydrogens is 437 g/mol. The van der Waals surface area contributed by atoms with E-state index in [0.717, 1.165) is 17.6 Å². The van der Waals surface area contributed by atoms with Crippen molar-refractivity contribution in [1.29, 1.82) is 0 Å². The Morgan fingerprint density at radius 3 is 2.71 bits per heavy atom. The number of aromatic nitrogens is 1. The topological polar surface area (TPSA) is 12.9 Å². The van der Waals surface area contributed by atoms with E-state index in [-0.39, 0.29) is 4.83 Å². The predicted molar refractivity (Wildman–Crippen MR) is 101 cm³/mol. The fourth-order valence-electron chi connectivity index (χ4n) is 2.43. The van der Waals surface area contributed by atoms with Gasteiger partial charge in [-0.15, -0.1) is 0 Å². The van der Waals surface area contributed by atoms with E-state index in [4.69, 9.17) is 4.98 Å². The van der Waals surface area contributed by atoms with Crippen LogP contribution in [0.4, 0.5) is 0 Å². The van der Waals surface area contributed by atoms with Gasteiger partial charge in [0.25, 0.3) is 0 Å². The highest BCUT2D eigenvalue weighted by molar-refractivity contribution is 14.1. The van der Waals surface area contributed by atoms with Crippen molar-refractivity contribution in [1.82, 2.24) is 4.98 Å². The number of halogens is 2. The van der Waals surface area contributed by atoms with E-state index in [9.17, 15) is 0 Å². The summed E-state index contributed by atoms with van der Waals surface area (Å²) in [5.41, 5.74) is 4.84. The molecule has 1 unspecified atom stereocenters. The number of aryl methyl sites for hydroxylation is 1. The number of rotatable bonds is 3. The molecule has 1 atom stereocenters. The van der Waals surface area contributed by atoms with Gasteiger partial charge in [0.1, 0.15) is 0 Å². The fraction of sp³-hybridized carbons (Fsp3) is 0.167. The van der Waals surface area contributed by atoms with Crippen molar-refractivity contribution in [3.63, 3.8) is 0 Å². The minimum Gasteiger partial charge on any atom is -0.253 e. The Morgan fingerprint density at radius 2 is 1.86 bits per heavy atom. The molecular formula is C18H15BrIN. The smallest absolute Gasteiger partial charge is 0.0705 e. The van der Waals surface area contributed by atoms with Crippen molar-refractivity contribution in [2.24, 2.45) is 0 Å². The lowest BCUT2D eigenvalue weighted by Crippen LogP contribution is -2.01. The van der Waals surface area contributed by atoms with Gasteiger partial charge < -0.3 is 0 Å². The second-order valence-corrected chi connectivity index (χ2v) is 7.33. The number of fused-ring (bicyclic) bond motifs is 1. The SMILES string of the molecule is Cc1cccc(C(Br)Cc2ccc3ccccc3n2)c1I. The largest absolute Gasteiger partial charge is 0.253 e. The van der Waals surface area contributed by atoms with E-state index in [1.54, 1.807) is 0 Å². The van der Waals surface area contributed by atoms with Crippen LogP contribution in [0.1, 0.15) is 21.6 Å². The van der Waals surface area contributed by atoms with Crippen molar-refractivity contribution >= 4 is 49.4 Å².